The van der Waals surface area contributed by atoms with Gasteiger partial charge in [0.2, 0.25) is 5.91 Å². The molecule has 5 rings (SSSR count). The molecule has 1 aliphatic rings. The summed E-state index contributed by atoms with van der Waals surface area (Å²) in [7, 11) is 0. The first kappa shape index (κ1) is 24.6. The number of hydrogen-bond donors (Lipinski definition) is 0. The molecule has 0 N–H and O–H groups in total. The van der Waals surface area contributed by atoms with Crippen LogP contribution in [0.25, 0.3) is 11.0 Å². The Morgan fingerprint density at radius 3 is 2.56 bits per heavy atom. The highest BCUT2D eigenvalue weighted by molar-refractivity contribution is 9.10. The van der Waals surface area contributed by atoms with Crippen molar-refractivity contribution in [3.63, 3.8) is 0 Å². The van der Waals surface area contributed by atoms with Gasteiger partial charge in [-0.05, 0) is 59.9 Å². The molecule has 4 aromatic rings. The van der Waals surface area contributed by atoms with E-state index in [9.17, 15) is 4.79 Å². The molecule has 1 unspecified atom stereocenters. The fraction of sp³-hybridized carbons (Fsp3) is 0.333. The van der Waals surface area contributed by atoms with E-state index in [-0.39, 0.29) is 17.2 Å². The number of fused-ring (bicyclic) bond motifs is 1. The van der Waals surface area contributed by atoms with Crippen molar-refractivity contribution in [2.24, 2.45) is 0 Å². The molecule has 5 nitrogen and oxygen atoms in total. The highest BCUT2D eigenvalue weighted by atomic mass is 79.9. The van der Waals surface area contributed by atoms with E-state index < -0.39 is 0 Å². The second-order valence-electron chi connectivity index (χ2n) is 10.5. The quantitative estimate of drug-likeness (QED) is 0.233. The Labute approximate surface area is 221 Å². The van der Waals surface area contributed by atoms with Gasteiger partial charge < -0.3 is 14.2 Å². The third-order valence-electron chi connectivity index (χ3n) is 6.81. The van der Waals surface area contributed by atoms with E-state index in [4.69, 9.17) is 9.72 Å². The minimum atomic E-state index is 0.0507. The zero-order chi connectivity index (χ0) is 25.3. The molecule has 1 aromatic heterocycles. The predicted octanol–water partition coefficient (Wildman–Crippen LogP) is 7.09. The minimum Gasteiger partial charge on any atom is -0.494 e. The van der Waals surface area contributed by atoms with Crippen molar-refractivity contribution in [1.82, 2.24) is 9.55 Å². The number of benzene rings is 3. The number of hydrogen-bond acceptors (Lipinski definition) is 3. The summed E-state index contributed by atoms with van der Waals surface area (Å²) in [4.78, 5) is 19.8. The minimum absolute atomic E-state index is 0.0507. The van der Waals surface area contributed by atoms with Crippen molar-refractivity contribution in [2.75, 3.05) is 18.1 Å². The van der Waals surface area contributed by atoms with E-state index >= 15 is 0 Å². The van der Waals surface area contributed by atoms with Crippen LogP contribution in [-0.2, 0) is 16.8 Å². The monoisotopic (exact) mass is 545 g/mol. The van der Waals surface area contributed by atoms with Gasteiger partial charge >= 0.3 is 0 Å². The summed E-state index contributed by atoms with van der Waals surface area (Å²) in [6.45, 7) is 8.69. The lowest BCUT2D eigenvalue weighted by Crippen LogP contribution is -2.24. The average molecular weight is 547 g/mol. The number of anilines is 1. The van der Waals surface area contributed by atoms with Crippen LogP contribution in [0.2, 0.25) is 0 Å². The van der Waals surface area contributed by atoms with Gasteiger partial charge in [-0.15, -0.1) is 0 Å². The van der Waals surface area contributed by atoms with Crippen molar-refractivity contribution >= 4 is 38.6 Å². The molecule has 1 aliphatic heterocycles. The lowest BCUT2D eigenvalue weighted by molar-refractivity contribution is -0.117. The zero-order valence-electron chi connectivity index (χ0n) is 21.1. The second-order valence-corrected chi connectivity index (χ2v) is 11.4. The first-order valence-corrected chi connectivity index (χ1v) is 13.3. The number of carbonyl (C=O) groups is 1. The maximum atomic E-state index is 13.0. The van der Waals surface area contributed by atoms with Crippen LogP contribution >= 0.6 is 15.9 Å². The van der Waals surface area contributed by atoms with Crippen LogP contribution in [0.15, 0.2) is 77.3 Å². The summed E-state index contributed by atoms with van der Waals surface area (Å²) in [5, 5.41) is 0. The molecule has 1 amide bonds. The standard InChI is InChI=1S/C30H32BrN3O2/c1-30(2,3)22-12-14-25(15-13-22)36-17-7-16-33-27-11-5-4-10-26(27)32-29(33)21-18-28(35)34(20-21)24-9-6-8-23(31)19-24/h4-6,8-15,19,21H,7,16-18,20H2,1-3H3. The summed E-state index contributed by atoms with van der Waals surface area (Å²) in [5.74, 6) is 2.06. The van der Waals surface area contributed by atoms with Gasteiger partial charge in [0.15, 0.2) is 0 Å². The Morgan fingerprint density at radius 2 is 1.81 bits per heavy atom. The number of rotatable bonds is 7. The number of carbonyl (C=O) groups excluding carboxylic acids is 1. The van der Waals surface area contributed by atoms with E-state index in [1.54, 1.807) is 0 Å². The predicted molar refractivity (Wildman–Crippen MR) is 149 cm³/mol. The molecule has 0 radical (unpaired) electrons. The Hall–Kier alpha value is -3.12. The van der Waals surface area contributed by atoms with Crippen LogP contribution in [0.4, 0.5) is 5.69 Å². The summed E-state index contributed by atoms with van der Waals surface area (Å²) in [5.41, 5.74) is 4.43. The molecule has 0 spiro atoms. The largest absolute Gasteiger partial charge is 0.494 e. The van der Waals surface area contributed by atoms with Gasteiger partial charge in [0.25, 0.3) is 0 Å². The van der Waals surface area contributed by atoms with Gasteiger partial charge in [-0.3, -0.25) is 4.79 Å². The number of aromatic nitrogens is 2. The zero-order valence-corrected chi connectivity index (χ0v) is 22.7. The normalized spacial score (nSPS) is 16.2. The van der Waals surface area contributed by atoms with Gasteiger partial charge in [0, 0.05) is 35.6 Å². The molecule has 0 aliphatic carbocycles. The molecule has 1 atom stereocenters. The average Bonchev–Trinajstić information content (AvgIpc) is 3.42. The van der Waals surface area contributed by atoms with Crippen molar-refractivity contribution in [2.45, 2.75) is 51.5 Å². The fourth-order valence-corrected chi connectivity index (χ4v) is 5.27. The van der Waals surface area contributed by atoms with Crippen molar-refractivity contribution in [1.29, 1.82) is 0 Å². The van der Waals surface area contributed by atoms with E-state index in [1.807, 2.05) is 47.4 Å². The molecule has 0 saturated carbocycles. The number of para-hydroxylation sites is 2. The molecule has 6 heteroatoms. The van der Waals surface area contributed by atoms with Crippen LogP contribution in [0, 0.1) is 0 Å². The highest BCUT2D eigenvalue weighted by Crippen LogP contribution is 2.34. The van der Waals surface area contributed by atoms with Crippen LogP contribution < -0.4 is 9.64 Å². The smallest absolute Gasteiger partial charge is 0.227 e. The third kappa shape index (κ3) is 5.19. The fourth-order valence-electron chi connectivity index (χ4n) is 4.88. The molecule has 0 bridgehead atoms. The summed E-state index contributed by atoms with van der Waals surface area (Å²) >= 11 is 3.52. The first-order valence-electron chi connectivity index (χ1n) is 12.5. The van der Waals surface area contributed by atoms with Crippen LogP contribution in [-0.4, -0.2) is 28.6 Å². The van der Waals surface area contributed by atoms with Gasteiger partial charge in [-0.1, -0.05) is 67.0 Å². The lowest BCUT2D eigenvalue weighted by Gasteiger charge is -2.19. The molecule has 36 heavy (non-hydrogen) atoms. The summed E-state index contributed by atoms with van der Waals surface area (Å²) in [6.07, 6.45) is 1.32. The number of aryl methyl sites for hydroxylation is 1. The van der Waals surface area contributed by atoms with Crippen LogP contribution in [0.5, 0.6) is 5.75 Å². The number of amides is 1. The number of halogens is 1. The molecule has 186 valence electrons. The summed E-state index contributed by atoms with van der Waals surface area (Å²) < 4.78 is 9.30. The SMILES string of the molecule is CC(C)(C)c1ccc(OCCCn2c(C3CC(=O)N(c4cccc(Br)c4)C3)nc3ccccc32)cc1. The topological polar surface area (TPSA) is 47.4 Å². The Morgan fingerprint density at radius 1 is 1.03 bits per heavy atom. The molecule has 1 saturated heterocycles. The highest BCUT2D eigenvalue weighted by Gasteiger charge is 2.34. The summed E-state index contributed by atoms with van der Waals surface area (Å²) in [6, 6.07) is 24.5. The van der Waals surface area contributed by atoms with Crippen molar-refractivity contribution in [3.05, 3.63) is 88.7 Å². The maximum absolute atomic E-state index is 13.0. The number of imidazole rings is 1. The molecule has 2 heterocycles. The lowest BCUT2D eigenvalue weighted by atomic mass is 9.87. The third-order valence-corrected chi connectivity index (χ3v) is 7.30. The Balaban J connectivity index is 1.30. The first-order chi connectivity index (χ1) is 17.3. The van der Waals surface area contributed by atoms with E-state index in [0.717, 1.165) is 45.7 Å². The van der Waals surface area contributed by atoms with Gasteiger partial charge in [0.1, 0.15) is 11.6 Å². The van der Waals surface area contributed by atoms with E-state index in [0.29, 0.717) is 19.6 Å². The van der Waals surface area contributed by atoms with Crippen LogP contribution in [0.3, 0.4) is 0 Å². The molecular weight excluding hydrogens is 514 g/mol. The molecule has 1 fully saturated rings. The molecule has 3 aromatic carbocycles. The van der Waals surface area contributed by atoms with Gasteiger partial charge in [-0.25, -0.2) is 4.98 Å². The maximum Gasteiger partial charge on any atom is 0.227 e. The van der Waals surface area contributed by atoms with Crippen molar-refractivity contribution < 1.29 is 9.53 Å². The van der Waals surface area contributed by atoms with Gasteiger partial charge in [0.05, 0.1) is 17.6 Å². The molecular formula is C30H32BrN3O2. The number of nitrogens with zero attached hydrogens (tertiary/aromatic N) is 3. The van der Waals surface area contributed by atoms with E-state index in [2.05, 4.69) is 71.6 Å². The van der Waals surface area contributed by atoms with E-state index in [1.165, 1.54) is 5.56 Å². The second kappa shape index (κ2) is 10.1. The van der Waals surface area contributed by atoms with Crippen LogP contribution in [0.1, 0.15) is 50.9 Å². The van der Waals surface area contributed by atoms with Gasteiger partial charge in [-0.2, -0.15) is 0 Å². The van der Waals surface area contributed by atoms with Crippen molar-refractivity contribution in [3.8, 4) is 5.75 Å². The number of ether oxygens (including phenoxy) is 1. The Kier molecular flexibility index (Phi) is 6.89. The Bertz CT molecular complexity index is 1370.